The molecule has 0 saturated carbocycles. The van der Waals surface area contributed by atoms with Crippen LogP contribution in [0, 0.1) is 23.2 Å². The maximum Gasteiger partial charge on any atom is 0.487 e. The van der Waals surface area contributed by atoms with E-state index < -0.39 is 19.3 Å². The molecule has 0 radical (unpaired) electrons. The molecule has 1 saturated heterocycles. The molecule has 1 aliphatic heterocycles. The Morgan fingerprint density at radius 2 is 1.26 bits per heavy atom. The molecule has 1 aliphatic rings. The second-order valence-corrected chi connectivity index (χ2v) is 9.07. The maximum absolute atomic E-state index is 12.2. The average molecular weight is 378 g/mol. The Bertz CT molecular complexity index is 552. The predicted octanol–water partition coefficient (Wildman–Crippen LogP) is 2.24. The van der Waals surface area contributed by atoms with Gasteiger partial charge in [0.05, 0.1) is 0 Å². The summed E-state index contributed by atoms with van der Waals surface area (Å²) in [5, 5.41) is 0. The van der Waals surface area contributed by atoms with Crippen LogP contribution in [-0.2, 0) is 18.9 Å². The summed E-state index contributed by atoms with van der Waals surface area (Å²) in [5.41, 5.74) is 0.0391. The lowest BCUT2D eigenvalue weighted by molar-refractivity contribution is -0.146. The number of likely N-dealkylation sites (N-methyl/N-ethyl adjacent to an activating group) is 2. The van der Waals surface area contributed by atoms with Crippen molar-refractivity contribution in [2.24, 2.45) is 10.8 Å². The molecule has 0 N–H and O–H groups in total. The molecule has 7 heteroatoms. The summed E-state index contributed by atoms with van der Waals surface area (Å²) in [6.07, 6.45) is 5.17. The zero-order chi connectivity index (χ0) is 21.6. The lowest BCUT2D eigenvalue weighted by Gasteiger charge is -2.22. The molecule has 152 valence electrons. The summed E-state index contributed by atoms with van der Waals surface area (Å²) < 4.78 is 11.2. The Morgan fingerprint density at radius 3 is 1.48 bits per heavy atom. The number of nitrogens with zero attached hydrogens (tertiary/aromatic N) is 2. The van der Waals surface area contributed by atoms with E-state index in [4.69, 9.17) is 15.7 Å². The molecule has 0 aromatic carbocycles. The minimum Gasteiger partial charge on any atom is -0.393 e. The lowest BCUT2D eigenvalue weighted by Crippen LogP contribution is -2.47. The number of amides is 2. The van der Waals surface area contributed by atoms with Gasteiger partial charge in [-0.25, -0.2) is 0 Å². The highest BCUT2D eigenvalue weighted by Crippen LogP contribution is 2.22. The number of terminal acetylenes is 1. The minimum atomic E-state index is -0.912. The largest absolute Gasteiger partial charge is 0.487 e. The third-order valence-corrected chi connectivity index (χ3v) is 3.39. The Kier molecular flexibility index (Phi) is 9.30. The van der Waals surface area contributed by atoms with E-state index in [-0.39, 0.29) is 22.6 Å². The number of carbonyl (C=O) groups excluding carboxylic acids is 2. The van der Waals surface area contributed by atoms with Crippen LogP contribution in [0.15, 0.2) is 12.1 Å². The molecule has 6 nitrogen and oxygen atoms in total. The van der Waals surface area contributed by atoms with Crippen molar-refractivity contribution in [3.63, 3.8) is 0 Å². The molecule has 0 aliphatic carbocycles. The molecule has 27 heavy (non-hydrogen) atoms. The van der Waals surface area contributed by atoms with E-state index in [0.29, 0.717) is 0 Å². The van der Waals surface area contributed by atoms with Gasteiger partial charge < -0.3 is 19.1 Å². The fourth-order valence-electron chi connectivity index (χ4n) is 1.81. The Balaban J connectivity index is 0.000000972. The SMILES string of the molecule is C#CC(C)(C)C.CN(C)C(=O)[C@H]1OB(/C=C/C(C)(C)C)O[C@@H]1C(=O)N(C)C. The molecular weight excluding hydrogens is 343 g/mol. The van der Waals surface area contributed by atoms with Gasteiger partial charge >= 0.3 is 7.12 Å². The quantitative estimate of drug-likeness (QED) is 0.558. The Labute approximate surface area is 165 Å². The van der Waals surface area contributed by atoms with Crippen LogP contribution < -0.4 is 0 Å². The van der Waals surface area contributed by atoms with Gasteiger partial charge in [0, 0.05) is 33.6 Å². The average Bonchev–Trinajstić information content (AvgIpc) is 2.94. The first kappa shape index (κ1) is 25.2. The third kappa shape index (κ3) is 9.64. The van der Waals surface area contributed by atoms with E-state index in [1.54, 1.807) is 34.2 Å². The van der Waals surface area contributed by atoms with E-state index in [1.165, 1.54) is 9.80 Å². The smallest absolute Gasteiger partial charge is 0.393 e. The number of rotatable bonds is 3. The van der Waals surface area contributed by atoms with E-state index in [2.05, 4.69) is 5.92 Å². The highest BCUT2D eigenvalue weighted by Gasteiger charge is 2.47. The normalized spacial score (nSPS) is 20.0. The first-order chi connectivity index (χ1) is 12.1. The topological polar surface area (TPSA) is 59.1 Å². The third-order valence-electron chi connectivity index (χ3n) is 3.39. The second-order valence-electron chi connectivity index (χ2n) is 9.07. The van der Waals surface area contributed by atoms with Crippen molar-refractivity contribution in [2.75, 3.05) is 28.2 Å². The van der Waals surface area contributed by atoms with Crippen LogP contribution in [0.4, 0.5) is 0 Å². The van der Waals surface area contributed by atoms with E-state index in [9.17, 15) is 9.59 Å². The molecule has 1 fully saturated rings. The predicted molar refractivity (Wildman–Crippen MR) is 110 cm³/mol. The first-order valence-electron chi connectivity index (χ1n) is 8.99. The summed E-state index contributed by atoms with van der Waals surface area (Å²) in [5.74, 6) is 3.80. The summed E-state index contributed by atoms with van der Waals surface area (Å²) in [6, 6.07) is 0. The summed E-state index contributed by atoms with van der Waals surface area (Å²) >= 11 is 0. The van der Waals surface area contributed by atoms with Gasteiger partial charge in [-0.3, -0.25) is 9.59 Å². The van der Waals surface area contributed by atoms with Crippen molar-refractivity contribution in [2.45, 2.75) is 53.8 Å². The van der Waals surface area contributed by atoms with Gasteiger partial charge in [-0.05, 0) is 26.2 Å². The van der Waals surface area contributed by atoms with Crippen molar-refractivity contribution in [3.8, 4) is 12.3 Å². The van der Waals surface area contributed by atoms with E-state index >= 15 is 0 Å². The molecule has 2 amide bonds. The molecule has 0 unspecified atom stereocenters. The number of hydrogen-bond donors (Lipinski definition) is 0. The van der Waals surface area contributed by atoms with Gasteiger partial charge in [-0.2, -0.15) is 0 Å². The minimum absolute atomic E-state index is 0.0303. The van der Waals surface area contributed by atoms with Crippen molar-refractivity contribution in [1.29, 1.82) is 0 Å². The molecule has 2 atom stereocenters. The molecule has 0 aromatic rings. The number of carbonyl (C=O) groups is 2. The van der Waals surface area contributed by atoms with Crippen LogP contribution in [-0.4, -0.2) is 69.1 Å². The van der Waals surface area contributed by atoms with Crippen LogP contribution in [0.25, 0.3) is 0 Å². The highest BCUT2D eigenvalue weighted by atomic mass is 16.7. The van der Waals surface area contributed by atoms with Crippen LogP contribution in [0.3, 0.4) is 0 Å². The van der Waals surface area contributed by atoms with Crippen molar-refractivity contribution in [3.05, 3.63) is 12.1 Å². The zero-order valence-corrected chi connectivity index (χ0v) is 18.5. The summed E-state index contributed by atoms with van der Waals surface area (Å²) in [6.45, 7) is 12.2. The van der Waals surface area contributed by atoms with Crippen LogP contribution >= 0.6 is 0 Å². The monoisotopic (exact) mass is 378 g/mol. The molecule has 0 bridgehead atoms. The fourth-order valence-corrected chi connectivity index (χ4v) is 1.81. The van der Waals surface area contributed by atoms with Gasteiger partial charge in [0.1, 0.15) is 0 Å². The fraction of sp³-hybridized carbons (Fsp3) is 0.700. The van der Waals surface area contributed by atoms with E-state index in [0.717, 1.165) is 0 Å². The van der Waals surface area contributed by atoms with Gasteiger partial charge in [-0.15, -0.1) is 12.3 Å². The van der Waals surface area contributed by atoms with Crippen molar-refractivity contribution < 1.29 is 18.9 Å². The standard InChI is InChI=1S/C14H25BN2O4.C6H10/c1-14(2,3)8-9-15-20-10(12(18)16(4)5)11(21-15)13(19)17(6)7;1-5-6(2,3)4/h8-11H,1-7H3;1H,2-4H3/b9-8+;/t10-,11-;/m0./s1. The zero-order valence-electron chi connectivity index (χ0n) is 18.5. The van der Waals surface area contributed by atoms with Gasteiger partial charge in [0.2, 0.25) is 0 Å². The van der Waals surface area contributed by atoms with Crippen molar-refractivity contribution in [1.82, 2.24) is 9.80 Å². The van der Waals surface area contributed by atoms with Crippen LogP contribution in [0.1, 0.15) is 41.5 Å². The second kappa shape index (κ2) is 9.96. The van der Waals surface area contributed by atoms with Crippen molar-refractivity contribution >= 4 is 18.9 Å². The Morgan fingerprint density at radius 1 is 0.926 bits per heavy atom. The van der Waals surface area contributed by atoms with Gasteiger partial charge in [-0.1, -0.05) is 32.8 Å². The maximum atomic E-state index is 12.2. The summed E-state index contributed by atoms with van der Waals surface area (Å²) in [7, 11) is 5.82. The Hall–Kier alpha value is -1.78. The molecule has 1 rings (SSSR count). The molecule has 0 spiro atoms. The van der Waals surface area contributed by atoms with Gasteiger partial charge in [0.25, 0.3) is 11.8 Å². The number of hydrogen-bond acceptors (Lipinski definition) is 4. The lowest BCUT2D eigenvalue weighted by atomic mass is 9.84. The van der Waals surface area contributed by atoms with Crippen LogP contribution in [0.5, 0.6) is 0 Å². The number of allylic oxidation sites excluding steroid dienone is 1. The van der Waals surface area contributed by atoms with Gasteiger partial charge in [0.15, 0.2) is 12.2 Å². The molecule has 0 aromatic heterocycles. The van der Waals surface area contributed by atoms with E-state index in [1.807, 2.05) is 47.6 Å². The summed E-state index contributed by atoms with van der Waals surface area (Å²) in [4.78, 5) is 27.1. The van der Waals surface area contributed by atoms with Crippen LogP contribution in [0.2, 0.25) is 0 Å². The molecular formula is C20H35BN2O4. The highest BCUT2D eigenvalue weighted by molar-refractivity contribution is 6.52. The first-order valence-corrected chi connectivity index (χ1v) is 8.99. The molecule has 1 heterocycles.